The van der Waals surface area contributed by atoms with Gasteiger partial charge in [-0.15, -0.1) is 0 Å². The Bertz CT molecular complexity index is 709. The third kappa shape index (κ3) is 3.24. The fraction of sp³-hybridized carbons (Fsp3) is 0.500. The molecule has 0 N–H and O–H groups in total. The molecule has 0 bridgehead atoms. The number of carbonyl (C=O) groups is 1. The highest BCUT2D eigenvalue weighted by Gasteiger charge is 2.35. The van der Waals surface area contributed by atoms with Gasteiger partial charge in [0.1, 0.15) is 0 Å². The third-order valence-corrected chi connectivity index (χ3v) is 4.66. The van der Waals surface area contributed by atoms with E-state index in [0.29, 0.717) is 30.8 Å². The molecule has 1 amide bonds. The average molecular weight is 344 g/mol. The van der Waals surface area contributed by atoms with E-state index >= 15 is 0 Å². The van der Waals surface area contributed by atoms with E-state index in [2.05, 4.69) is 9.47 Å². The molecule has 0 saturated carbocycles. The maximum absolute atomic E-state index is 12.7. The molecule has 0 aliphatic carbocycles. The second kappa shape index (κ2) is 5.95. The van der Waals surface area contributed by atoms with E-state index in [0.717, 1.165) is 12.5 Å². The molecule has 3 heterocycles. The van der Waals surface area contributed by atoms with Crippen molar-refractivity contribution in [1.82, 2.24) is 19.1 Å². The van der Waals surface area contributed by atoms with Gasteiger partial charge in [0, 0.05) is 24.7 Å². The molecule has 23 heavy (non-hydrogen) atoms. The maximum atomic E-state index is 12.7. The molecule has 0 spiro atoms. The zero-order valence-corrected chi connectivity index (χ0v) is 13.2. The molecule has 0 radical (unpaired) electrons. The minimum atomic E-state index is -4.45. The van der Waals surface area contributed by atoms with Gasteiger partial charge in [-0.25, -0.2) is 0 Å². The van der Waals surface area contributed by atoms with Crippen molar-refractivity contribution in [2.45, 2.75) is 32.0 Å². The van der Waals surface area contributed by atoms with Crippen molar-refractivity contribution in [2.24, 2.45) is 0 Å². The standard InChI is InChI=1S/C14H15F3N4OS/c1-9-11(8-23-19-9)13(22)20-5-2-3-10(7-20)21-6-4-12(18-21)14(15,16)17/h4,6,8,10H,2-3,5,7H2,1H3/t10-/m0/s1. The highest BCUT2D eigenvalue weighted by atomic mass is 32.1. The van der Waals surface area contributed by atoms with Crippen molar-refractivity contribution in [3.8, 4) is 0 Å². The zero-order valence-electron chi connectivity index (χ0n) is 12.4. The molecule has 1 fully saturated rings. The summed E-state index contributed by atoms with van der Waals surface area (Å²) in [5.74, 6) is -0.121. The summed E-state index contributed by atoms with van der Waals surface area (Å²) in [4.78, 5) is 14.2. The number of hydrogen-bond acceptors (Lipinski definition) is 4. The van der Waals surface area contributed by atoms with E-state index in [9.17, 15) is 18.0 Å². The number of rotatable bonds is 2. The van der Waals surface area contributed by atoms with Crippen molar-refractivity contribution in [1.29, 1.82) is 0 Å². The van der Waals surface area contributed by atoms with Gasteiger partial charge in [0.15, 0.2) is 5.69 Å². The van der Waals surface area contributed by atoms with Crippen LogP contribution < -0.4 is 0 Å². The van der Waals surface area contributed by atoms with Crippen LogP contribution in [0.25, 0.3) is 0 Å². The van der Waals surface area contributed by atoms with E-state index < -0.39 is 11.9 Å². The summed E-state index contributed by atoms with van der Waals surface area (Å²) in [7, 11) is 0. The molecule has 1 aliphatic rings. The summed E-state index contributed by atoms with van der Waals surface area (Å²) in [6.07, 6.45) is -1.69. The Balaban J connectivity index is 1.75. The zero-order chi connectivity index (χ0) is 16.6. The highest BCUT2D eigenvalue weighted by Crippen LogP contribution is 2.29. The van der Waals surface area contributed by atoms with Gasteiger partial charge in [-0.05, 0) is 37.4 Å². The second-order valence-electron chi connectivity index (χ2n) is 5.54. The maximum Gasteiger partial charge on any atom is 0.435 e. The van der Waals surface area contributed by atoms with E-state index in [-0.39, 0.29) is 11.9 Å². The molecular weight excluding hydrogens is 329 g/mol. The lowest BCUT2D eigenvalue weighted by molar-refractivity contribution is -0.141. The summed E-state index contributed by atoms with van der Waals surface area (Å²) >= 11 is 1.22. The number of aryl methyl sites for hydroxylation is 1. The van der Waals surface area contributed by atoms with Crippen LogP contribution in [0.5, 0.6) is 0 Å². The van der Waals surface area contributed by atoms with E-state index in [4.69, 9.17) is 0 Å². The van der Waals surface area contributed by atoms with Crippen LogP contribution >= 0.6 is 11.5 Å². The number of alkyl halides is 3. The summed E-state index contributed by atoms with van der Waals surface area (Å²) in [6.45, 7) is 2.72. The van der Waals surface area contributed by atoms with Crippen LogP contribution in [0.1, 0.15) is 40.6 Å². The molecule has 9 heteroatoms. The molecule has 2 aromatic rings. The monoisotopic (exact) mass is 344 g/mol. The van der Waals surface area contributed by atoms with Crippen molar-refractivity contribution >= 4 is 17.4 Å². The average Bonchev–Trinajstić information content (AvgIpc) is 3.15. The molecule has 0 aromatic carbocycles. The van der Waals surface area contributed by atoms with E-state index in [1.165, 1.54) is 22.4 Å². The van der Waals surface area contributed by atoms with E-state index in [1.54, 1.807) is 17.2 Å². The smallest absolute Gasteiger partial charge is 0.336 e. The Morgan fingerprint density at radius 2 is 2.22 bits per heavy atom. The first-order valence-electron chi connectivity index (χ1n) is 7.19. The molecule has 1 atom stereocenters. The number of likely N-dealkylation sites (tertiary alicyclic amines) is 1. The Hall–Kier alpha value is -1.90. The predicted octanol–water partition coefficient (Wildman–Crippen LogP) is 3.14. The summed E-state index contributed by atoms with van der Waals surface area (Å²) in [5.41, 5.74) is 0.339. The molecule has 2 aromatic heterocycles. The first kappa shape index (κ1) is 16.0. The lowest BCUT2D eigenvalue weighted by atomic mass is 10.0. The quantitative estimate of drug-likeness (QED) is 0.841. The number of piperidine rings is 1. The van der Waals surface area contributed by atoms with Gasteiger partial charge in [-0.1, -0.05) is 0 Å². The van der Waals surface area contributed by atoms with Crippen LogP contribution in [-0.2, 0) is 6.18 Å². The number of aromatic nitrogens is 3. The Morgan fingerprint density at radius 3 is 2.83 bits per heavy atom. The fourth-order valence-corrected chi connectivity index (χ4v) is 3.40. The highest BCUT2D eigenvalue weighted by molar-refractivity contribution is 7.03. The van der Waals surface area contributed by atoms with Gasteiger partial charge in [0.2, 0.25) is 0 Å². The molecule has 0 unspecified atom stereocenters. The SMILES string of the molecule is Cc1nscc1C(=O)N1CCC[C@H](n2ccc(C(F)(F)F)n2)C1. The van der Waals surface area contributed by atoms with Crippen LogP contribution in [0.4, 0.5) is 13.2 Å². The van der Waals surface area contributed by atoms with Crippen LogP contribution in [-0.4, -0.2) is 38.1 Å². The normalized spacial score (nSPS) is 19.1. The van der Waals surface area contributed by atoms with Gasteiger partial charge >= 0.3 is 6.18 Å². The summed E-state index contributed by atoms with van der Waals surface area (Å²) in [5, 5.41) is 5.33. The molecule has 1 saturated heterocycles. The number of carbonyl (C=O) groups excluding carboxylic acids is 1. The minimum Gasteiger partial charge on any atom is -0.336 e. The van der Waals surface area contributed by atoms with Crippen LogP contribution in [0.15, 0.2) is 17.6 Å². The van der Waals surface area contributed by atoms with Gasteiger partial charge in [0.25, 0.3) is 5.91 Å². The van der Waals surface area contributed by atoms with Gasteiger partial charge < -0.3 is 4.90 Å². The third-order valence-electron chi connectivity index (χ3n) is 3.94. The van der Waals surface area contributed by atoms with Crippen molar-refractivity contribution in [3.05, 3.63) is 34.6 Å². The number of nitrogens with zero attached hydrogens (tertiary/aromatic N) is 4. The first-order chi connectivity index (χ1) is 10.9. The first-order valence-corrected chi connectivity index (χ1v) is 8.02. The molecule has 5 nitrogen and oxygen atoms in total. The Kier molecular flexibility index (Phi) is 4.13. The second-order valence-corrected chi connectivity index (χ2v) is 6.17. The topological polar surface area (TPSA) is 51.0 Å². The lowest BCUT2D eigenvalue weighted by Gasteiger charge is -2.32. The van der Waals surface area contributed by atoms with Gasteiger partial charge in [0.05, 0.1) is 17.3 Å². The minimum absolute atomic E-state index is 0.121. The Labute approximate surface area is 134 Å². The molecular formula is C14H15F3N4OS. The lowest BCUT2D eigenvalue weighted by Crippen LogP contribution is -2.41. The van der Waals surface area contributed by atoms with E-state index in [1.807, 2.05) is 0 Å². The van der Waals surface area contributed by atoms with Crippen molar-refractivity contribution in [3.63, 3.8) is 0 Å². The fourth-order valence-electron chi connectivity index (χ4n) is 2.72. The van der Waals surface area contributed by atoms with Crippen molar-refractivity contribution < 1.29 is 18.0 Å². The molecule has 3 rings (SSSR count). The van der Waals surface area contributed by atoms with Gasteiger partial charge in [-0.3, -0.25) is 9.48 Å². The predicted molar refractivity (Wildman–Crippen MR) is 78.3 cm³/mol. The number of halogens is 3. The van der Waals surface area contributed by atoms with Crippen LogP contribution in [0, 0.1) is 6.92 Å². The summed E-state index contributed by atoms with van der Waals surface area (Å²) in [6, 6.07) is 0.726. The largest absolute Gasteiger partial charge is 0.435 e. The summed E-state index contributed by atoms with van der Waals surface area (Å²) < 4.78 is 43.4. The van der Waals surface area contributed by atoms with Crippen LogP contribution in [0.2, 0.25) is 0 Å². The number of hydrogen-bond donors (Lipinski definition) is 0. The van der Waals surface area contributed by atoms with Crippen LogP contribution in [0.3, 0.4) is 0 Å². The van der Waals surface area contributed by atoms with Crippen molar-refractivity contribution in [2.75, 3.05) is 13.1 Å². The molecule has 1 aliphatic heterocycles. The number of amides is 1. The van der Waals surface area contributed by atoms with Gasteiger partial charge in [-0.2, -0.15) is 22.6 Å². The molecule has 124 valence electrons. The Morgan fingerprint density at radius 1 is 1.43 bits per heavy atom.